The van der Waals surface area contributed by atoms with Crippen LogP contribution in [0, 0.1) is 12.3 Å². The SMILES string of the molecule is C#CCN1C(=O)C(CCC)NC(=O)C1c1ccccc1. The number of rotatable bonds is 4. The highest BCUT2D eigenvalue weighted by atomic mass is 16.2. The van der Waals surface area contributed by atoms with Crippen LogP contribution >= 0.6 is 0 Å². The van der Waals surface area contributed by atoms with Gasteiger partial charge in [-0.05, 0) is 12.0 Å². The van der Waals surface area contributed by atoms with E-state index < -0.39 is 12.1 Å². The number of terminal acetylenes is 1. The number of benzene rings is 1. The van der Waals surface area contributed by atoms with Crippen molar-refractivity contribution < 1.29 is 9.59 Å². The molecular formula is C16H18N2O2. The van der Waals surface area contributed by atoms with Crippen LogP contribution in [0.3, 0.4) is 0 Å². The van der Waals surface area contributed by atoms with E-state index in [4.69, 9.17) is 6.42 Å². The molecule has 20 heavy (non-hydrogen) atoms. The smallest absolute Gasteiger partial charge is 0.248 e. The summed E-state index contributed by atoms with van der Waals surface area (Å²) in [4.78, 5) is 26.3. The normalized spacial score (nSPS) is 22.3. The van der Waals surface area contributed by atoms with Gasteiger partial charge in [0.1, 0.15) is 12.1 Å². The fraction of sp³-hybridized carbons (Fsp3) is 0.375. The third-order valence-corrected chi connectivity index (χ3v) is 3.41. The second-order valence-electron chi connectivity index (χ2n) is 4.83. The molecule has 4 nitrogen and oxygen atoms in total. The second kappa shape index (κ2) is 6.25. The molecule has 2 atom stereocenters. The van der Waals surface area contributed by atoms with E-state index in [1.807, 2.05) is 37.3 Å². The third kappa shape index (κ3) is 2.67. The van der Waals surface area contributed by atoms with Crippen LogP contribution in [0.4, 0.5) is 0 Å². The third-order valence-electron chi connectivity index (χ3n) is 3.41. The van der Waals surface area contributed by atoms with Crippen LogP contribution in [-0.4, -0.2) is 29.3 Å². The van der Waals surface area contributed by atoms with Crippen LogP contribution in [0.5, 0.6) is 0 Å². The van der Waals surface area contributed by atoms with Crippen molar-refractivity contribution in [2.45, 2.75) is 31.8 Å². The molecule has 4 heteroatoms. The van der Waals surface area contributed by atoms with Crippen molar-refractivity contribution in [3.8, 4) is 12.3 Å². The van der Waals surface area contributed by atoms with E-state index in [1.165, 1.54) is 4.90 Å². The van der Waals surface area contributed by atoms with Gasteiger partial charge in [-0.25, -0.2) is 0 Å². The number of nitrogens with zero attached hydrogens (tertiary/aromatic N) is 1. The van der Waals surface area contributed by atoms with Gasteiger partial charge in [-0.2, -0.15) is 0 Å². The zero-order chi connectivity index (χ0) is 14.5. The van der Waals surface area contributed by atoms with E-state index in [9.17, 15) is 9.59 Å². The number of carbonyl (C=O) groups excluding carboxylic acids is 2. The Labute approximate surface area is 119 Å². The van der Waals surface area contributed by atoms with Crippen LogP contribution < -0.4 is 5.32 Å². The Morgan fingerprint density at radius 3 is 2.60 bits per heavy atom. The van der Waals surface area contributed by atoms with Crippen molar-refractivity contribution in [1.82, 2.24) is 10.2 Å². The molecule has 2 rings (SSSR count). The lowest BCUT2D eigenvalue weighted by molar-refractivity contribution is -0.149. The lowest BCUT2D eigenvalue weighted by atomic mass is 9.98. The van der Waals surface area contributed by atoms with Gasteiger partial charge in [0, 0.05) is 0 Å². The summed E-state index contributed by atoms with van der Waals surface area (Å²) in [5.74, 6) is 2.21. The monoisotopic (exact) mass is 270 g/mol. The molecular weight excluding hydrogens is 252 g/mol. The van der Waals surface area contributed by atoms with Gasteiger partial charge in [-0.3, -0.25) is 9.59 Å². The fourth-order valence-corrected chi connectivity index (χ4v) is 2.50. The van der Waals surface area contributed by atoms with Crippen LogP contribution in [0.2, 0.25) is 0 Å². The highest BCUT2D eigenvalue weighted by Crippen LogP contribution is 2.26. The first-order valence-electron chi connectivity index (χ1n) is 6.78. The number of piperazine rings is 1. The maximum Gasteiger partial charge on any atom is 0.248 e. The average molecular weight is 270 g/mol. The number of nitrogens with one attached hydrogen (secondary N) is 1. The van der Waals surface area contributed by atoms with E-state index in [2.05, 4.69) is 11.2 Å². The van der Waals surface area contributed by atoms with Crippen LogP contribution in [-0.2, 0) is 9.59 Å². The van der Waals surface area contributed by atoms with Gasteiger partial charge in [0.2, 0.25) is 11.8 Å². The average Bonchev–Trinajstić information content (AvgIpc) is 2.45. The minimum atomic E-state index is -0.632. The molecule has 1 aromatic carbocycles. The summed E-state index contributed by atoms with van der Waals surface area (Å²) in [7, 11) is 0. The Balaban J connectivity index is 2.33. The summed E-state index contributed by atoms with van der Waals surface area (Å²) in [6.07, 6.45) is 6.81. The van der Waals surface area contributed by atoms with E-state index >= 15 is 0 Å². The molecule has 0 radical (unpaired) electrons. The van der Waals surface area contributed by atoms with Crippen molar-refractivity contribution in [3.63, 3.8) is 0 Å². The highest BCUT2D eigenvalue weighted by molar-refractivity contribution is 5.97. The summed E-state index contributed by atoms with van der Waals surface area (Å²) in [5.41, 5.74) is 0.781. The van der Waals surface area contributed by atoms with Crippen molar-refractivity contribution in [1.29, 1.82) is 0 Å². The first kappa shape index (κ1) is 14.1. The Morgan fingerprint density at radius 2 is 2.00 bits per heavy atom. The number of hydrogen-bond donors (Lipinski definition) is 1. The molecule has 1 saturated heterocycles. The summed E-state index contributed by atoms with van der Waals surface area (Å²) in [6.45, 7) is 2.13. The maximum absolute atomic E-state index is 12.5. The molecule has 104 valence electrons. The quantitative estimate of drug-likeness (QED) is 0.843. The fourth-order valence-electron chi connectivity index (χ4n) is 2.50. The number of amides is 2. The minimum absolute atomic E-state index is 0.0988. The standard InChI is InChI=1S/C16H18N2O2/c1-3-8-13-16(20)18(11-4-2)14(15(19)17-13)12-9-6-5-7-10-12/h2,5-7,9-10,13-14H,3,8,11H2,1H3,(H,17,19). The summed E-state index contributed by atoms with van der Waals surface area (Å²) in [5, 5.41) is 2.81. The van der Waals surface area contributed by atoms with Gasteiger partial charge in [0.25, 0.3) is 0 Å². The molecule has 2 unspecified atom stereocenters. The molecule has 1 aliphatic rings. The summed E-state index contributed by atoms with van der Waals surface area (Å²) >= 11 is 0. The first-order valence-corrected chi connectivity index (χ1v) is 6.78. The molecule has 1 N–H and O–H groups in total. The summed E-state index contributed by atoms with van der Waals surface area (Å²) < 4.78 is 0. The second-order valence-corrected chi connectivity index (χ2v) is 4.83. The van der Waals surface area contributed by atoms with Gasteiger partial charge in [-0.15, -0.1) is 6.42 Å². The molecule has 0 aromatic heterocycles. The zero-order valence-electron chi connectivity index (χ0n) is 11.5. The van der Waals surface area contributed by atoms with Gasteiger partial charge in [0.15, 0.2) is 0 Å². The Bertz CT molecular complexity index is 533. The molecule has 0 aliphatic carbocycles. The van der Waals surface area contributed by atoms with E-state index in [0.717, 1.165) is 12.0 Å². The van der Waals surface area contributed by atoms with Crippen molar-refractivity contribution in [2.75, 3.05) is 6.54 Å². The first-order chi connectivity index (χ1) is 9.69. The molecule has 0 bridgehead atoms. The summed E-state index contributed by atoms with van der Waals surface area (Å²) in [6, 6.07) is 8.15. The Morgan fingerprint density at radius 1 is 1.30 bits per heavy atom. The van der Waals surface area contributed by atoms with Gasteiger partial charge in [-0.1, -0.05) is 49.6 Å². The molecule has 0 saturated carbocycles. The van der Waals surface area contributed by atoms with Gasteiger partial charge >= 0.3 is 0 Å². The van der Waals surface area contributed by atoms with Crippen LogP contribution in [0.25, 0.3) is 0 Å². The molecule has 1 heterocycles. The molecule has 1 aliphatic heterocycles. The molecule has 0 spiro atoms. The highest BCUT2D eigenvalue weighted by Gasteiger charge is 2.40. The Kier molecular flexibility index (Phi) is 4.41. The van der Waals surface area contributed by atoms with Crippen molar-refractivity contribution >= 4 is 11.8 Å². The molecule has 1 aromatic rings. The predicted molar refractivity (Wildman–Crippen MR) is 76.6 cm³/mol. The van der Waals surface area contributed by atoms with E-state index in [1.54, 1.807) is 0 Å². The number of carbonyl (C=O) groups is 2. The van der Waals surface area contributed by atoms with Crippen molar-refractivity contribution in [3.05, 3.63) is 35.9 Å². The topological polar surface area (TPSA) is 49.4 Å². The minimum Gasteiger partial charge on any atom is -0.342 e. The molecule has 2 amide bonds. The number of hydrogen-bond acceptors (Lipinski definition) is 2. The van der Waals surface area contributed by atoms with Crippen LogP contribution in [0.15, 0.2) is 30.3 Å². The largest absolute Gasteiger partial charge is 0.342 e. The van der Waals surface area contributed by atoms with Crippen LogP contribution in [0.1, 0.15) is 31.4 Å². The Hall–Kier alpha value is -2.28. The van der Waals surface area contributed by atoms with Gasteiger partial charge < -0.3 is 10.2 Å². The zero-order valence-corrected chi connectivity index (χ0v) is 11.5. The van der Waals surface area contributed by atoms with Gasteiger partial charge in [0.05, 0.1) is 6.54 Å². The molecule has 1 fully saturated rings. The predicted octanol–water partition coefficient (Wildman–Crippen LogP) is 1.49. The lowest BCUT2D eigenvalue weighted by Crippen LogP contribution is -2.59. The van der Waals surface area contributed by atoms with E-state index in [-0.39, 0.29) is 18.4 Å². The maximum atomic E-state index is 12.5. The van der Waals surface area contributed by atoms with E-state index in [0.29, 0.717) is 6.42 Å². The lowest BCUT2D eigenvalue weighted by Gasteiger charge is -2.38. The van der Waals surface area contributed by atoms with Crippen molar-refractivity contribution in [2.24, 2.45) is 0 Å².